The van der Waals surface area contributed by atoms with Gasteiger partial charge in [0.1, 0.15) is 11.5 Å². The minimum absolute atomic E-state index is 0.0178. The summed E-state index contributed by atoms with van der Waals surface area (Å²) < 4.78 is 5.03. The first kappa shape index (κ1) is 9.67. The van der Waals surface area contributed by atoms with E-state index in [1.165, 1.54) is 13.2 Å². The van der Waals surface area contributed by atoms with Crippen molar-refractivity contribution >= 4 is 5.69 Å². The highest BCUT2D eigenvalue weighted by atomic mass is 16.5. The predicted molar refractivity (Wildman–Crippen MR) is 49.9 cm³/mol. The number of nitrogens with two attached hydrogens (primary N) is 1. The summed E-state index contributed by atoms with van der Waals surface area (Å²) in [6, 6.07) is 3.09. The van der Waals surface area contributed by atoms with Gasteiger partial charge in [-0.2, -0.15) is 0 Å². The number of phenolic OH excluding ortho intramolecular Hbond substituents is 1. The molecule has 0 amide bonds. The average Bonchev–Trinajstić information content (AvgIpc) is 2.14. The fourth-order valence-electron chi connectivity index (χ4n) is 1.19. The first-order chi connectivity index (χ1) is 6.20. The number of methoxy groups -OCH3 is 1. The van der Waals surface area contributed by atoms with Crippen LogP contribution in [0.5, 0.6) is 11.5 Å². The van der Waals surface area contributed by atoms with Crippen LogP contribution in [0.1, 0.15) is 5.56 Å². The van der Waals surface area contributed by atoms with Crippen molar-refractivity contribution < 1.29 is 14.9 Å². The zero-order chi connectivity index (χ0) is 9.84. The molecule has 4 heteroatoms. The van der Waals surface area contributed by atoms with Gasteiger partial charge < -0.3 is 20.7 Å². The van der Waals surface area contributed by atoms with Crippen LogP contribution in [0.15, 0.2) is 12.1 Å². The molecule has 0 aliphatic rings. The number of aliphatic hydroxyl groups excluding tert-OH is 1. The van der Waals surface area contributed by atoms with Crippen LogP contribution in [0.4, 0.5) is 5.69 Å². The second-order valence-corrected chi connectivity index (χ2v) is 2.65. The summed E-state index contributed by atoms with van der Waals surface area (Å²) in [5, 5.41) is 18.0. The summed E-state index contributed by atoms with van der Waals surface area (Å²) >= 11 is 0. The lowest BCUT2D eigenvalue weighted by Gasteiger charge is -2.11. The van der Waals surface area contributed by atoms with E-state index >= 15 is 0 Å². The molecule has 0 aliphatic heterocycles. The van der Waals surface area contributed by atoms with Crippen molar-refractivity contribution in [1.82, 2.24) is 0 Å². The Hall–Kier alpha value is -1.42. The number of nitrogen functional groups attached to an aromatic ring is 1. The van der Waals surface area contributed by atoms with Gasteiger partial charge in [-0.1, -0.05) is 0 Å². The van der Waals surface area contributed by atoms with Crippen molar-refractivity contribution in [2.45, 2.75) is 6.42 Å². The molecule has 0 bridgehead atoms. The molecule has 0 saturated carbocycles. The zero-order valence-electron chi connectivity index (χ0n) is 7.45. The third kappa shape index (κ3) is 1.84. The molecule has 0 unspecified atom stereocenters. The van der Waals surface area contributed by atoms with Crippen molar-refractivity contribution in [2.24, 2.45) is 0 Å². The molecule has 0 aliphatic carbocycles. The average molecular weight is 183 g/mol. The van der Waals surface area contributed by atoms with Gasteiger partial charge in [0.15, 0.2) is 0 Å². The van der Waals surface area contributed by atoms with Gasteiger partial charge in [-0.15, -0.1) is 0 Å². The molecule has 4 nitrogen and oxygen atoms in total. The summed E-state index contributed by atoms with van der Waals surface area (Å²) in [6.45, 7) is -0.0238. The molecular formula is C9H13NO3. The minimum atomic E-state index is -0.0238. The van der Waals surface area contributed by atoms with Crippen LogP contribution < -0.4 is 10.5 Å². The molecule has 1 aromatic rings. The Morgan fingerprint density at radius 1 is 1.46 bits per heavy atom. The highest BCUT2D eigenvalue weighted by molar-refractivity contribution is 5.63. The second-order valence-electron chi connectivity index (χ2n) is 2.65. The number of hydrogen-bond donors (Lipinski definition) is 3. The molecule has 0 aromatic heterocycles. The number of rotatable bonds is 3. The number of aromatic hydroxyl groups is 1. The van der Waals surface area contributed by atoms with E-state index in [2.05, 4.69) is 0 Å². The highest BCUT2D eigenvalue weighted by Crippen LogP contribution is 2.31. The van der Waals surface area contributed by atoms with Crippen molar-refractivity contribution in [1.29, 1.82) is 0 Å². The second kappa shape index (κ2) is 4.00. The molecule has 1 rings (SSSR count). The Balaban J connectivity index is 3.15. The topological polar surface area (TPSA) is 75.7 Å². The van der Waals surface area contributed by atoms with Crippen molar-refractivity contribution in [3.63, 3.8) is 0 Å². The fourth-order valence-corrected chi connectivity index (χ4v) is 1.19. The van der Waals surface area contributed by atoms with Crippen LogP contribution in [0.3, 0.4) is 0 Å². The lowest BCUT2D eigenvalue weighted by molar-refractivity contribution is 0.296. The van der Waals surface area contributed by atoms with Crippen molar-refractivity contribution in [3.8, 4) is 11.5 Å². The third-order valence-corrected chi connectivity index (χ3v) is 1.87. The normalized spacial score (nSPS) is 10.0. The van der Waals surface area contributed by atoms with Gasteiger partial charge >= 0.3 is 0 Å². The van der Waals surface area contributed by atoms with E-state index in [1.54, 1.807) is 6.07 Å². The Labute approximate surface area is 76.6 Å². The Morgan fingerprint density at radius 2 is 2.15 bits per heavy atom. The Morgan fingerprint density at radius 3 is 2.69 bits per heavy atom. The summed E-state index contributed by atoms with van der Waals surface area (Å²) in [5.74, 6) is 0.605. The van der Waals surface area contributed by atoms with Gasteiger partial charge in [-0.3, -0.25) is 0 Å². The fraction of sp³-hybridized carbons (Fsp3) is 0.333. The molecule has 0 spiro atoms. The quantitative estimate of drug-likeness (QED) is 0.471. The van der Waals surface area contributed by atoms with Gasteiger partial charge in [0.05, 0.1) is 12.8 Å². The van der Waals surface area contributed by atoms with Crippen LogP contribution in [-0.2, 0) is 6.42 Å². The first-order valence-corrected chi connectivity index (χ1v) is 3.96. The minimum Gasteiger partial charge on any atom is -0.506 e. The molecule has 72 valence electrons. The third-order valence-electron chi connectivity index (χ3n) is 1.87. The number of aliphatic hydroxyl groups is 1. The van der Waals surface area contributed by atoms with Crippen LogP contribution in [0.25, 0.3) is 0 Å². The summed E-state index contributed by atoms with van der Waals surface area (Å²) in [5.41, 5.74) is 6.52. The zero-order valence-corrected chi connectivity index (χ0v) is 7.45. The number of ether oxygens (including phenoxy) is 1. The first-order valence-electron chi connectivity index (χ1n) is 3.96. The van der Waals surface area contributed by atoms with E-state index in [1.807, 2.05) is 0 Å². The molecule has 13 heavy (non-hydrogen) atoms. The molecule has 4 N–H and O–H groups in total. The Kier molecular flexibility index (Phi) is 2.97. The molecular weight excluding hydrogens is 170 g/mol. The lowest BCUT2D eigenvalue weighted by Crippen LogP contribution is -2.01. The van der Waals surface area contributed by atoms with Crippen LogP contribution >= 0.6 is 0 Å². The maximum absolute atomic E-state index is 9.28. The van der Waals surface area contributed by atoms with E-state index < -0.39 is 0 Å². The van der Waals surface area contributed by atoms with E-state index in [0.29, 0.717) is 17.7 Å². The maximum Gasteiger partial charge on any atom is 0.139 e. The number of phenols is 1. The SMILES string of the molecule is COc1ccc(O)c(N)c1CCO. The van der Waals surface area contributed by atoms with E-state index in [9.17, 15) is 5.11 Å². The monoisotopic (exact) mass is 183 g/mol. The highest BCUT2D eigenvalue weighted by Gasteiger charge is 2.09. The van der Waals surface area contributed by atoms with E-state index in [-0.39, 0.29) is 18.0 Å². The van der Waals surface area contributed by atoms with Gasteiger partial charge in [0, 0.05) is 18.6 Å². The summed E-state index contributed by atoms with van der Waals surface area (Å²) in [6.07, 6.45) is 0.378. The smallest absolute Gasteiger partial charge is 0.139 e. The van der Waals surface area contributed by atoms with Crippen molar-refractivity contribution in [3.05, 3.63) is 17.7 Å². The van der Waals surface area contributed by atoms with Crippen molar-refractivity contribution in [2.75, 3.05) is 19.5 Å². The van der Waals surface area contributed by atoms with Crippen LogP contribution in [0.2, 0.25) is 0 Å². The molecule has 0 heterocycles. The number of benzene rings is 1. The van der Waals surface area contributed by atoms with Gasteiger partial charge in [0.2, 0.25) is 0 Å². The molecule has 0 saturated heterocycles. The lowest BCUT2D eigenvalue weighted by atomic mass is 10.1. The van der Waals surface area contributed by atoms with E-state index in [4.69, 9.17) is 15.6 Å². The Bertz CT molecular complexity index is 299. The maximum atomic E-state index is 9.28. The summed E-state index contributed by atoms with van der Waals surface area (Å²) in [7, 11) is 1.52. The van der Waals surface area contributed by atoms with Crippen LogP contribution in [0, 0.1) is 0 Å². The van der Waals surface area contributed by atoms with Gasteiger partial charge in [0.25, 0.3) is 0 Å². The predicted octanol–water partition coefficient (Wildman–Crippen LogP) is 0.518. The number of anilines is 1. The van der Waals surface area contributed by atoms with Gasteiger partial charge in [-0.05, 0) is 12.1 Å². The number of hydrogen-bond acceptors (Lipinski definition) is 4. The van der Waals surface area contributed by atoms with Crippen LogP contribution in [-0.4, -0.2) is 23.9 Å². The van der Waals surface area contributed by atoms with Gasteiger partial charge in [-0.25, -0.2) is 0 Å². The molecule has 0 atom stereocenters. The summed E-state index contributed by atoms with van der Waals surface area (Å²) in [4.78, 5) is 0. The largest absolute Gasteiger partial charge is 0.506 e. The molecule has 0 radical (unpaired) electrons. The van der Waals surface area contributed by atoms with E-state index in [0.717, 1.165) is 0 Å². The molecule has 1 aromatic carbocycles. The molecule has 0 fully saturated rings. The standard InChI is InChI=1S/C9H13NO3/c1-13-8-3-2-7(12)9(10)6(8)4-5-11/h2-3,11-12H,4-5,10H2,1H3.